The van der Waals surface area contributed by atoms with Gasteiger partial charge in [-0.05, 0) is 78.9 Å². The van der Waals surface area contributed by atoms with Gasteiger partial charge in [-0.25, -0.2) is 9.59 Å². The predicted octanol–water partition coefficient (Wildman–Crippen LogP) is 3.26. The summed E-state index contributed by atoms with van der Waals surface area (Å²) in [7, 11) is 1.37. The van der Waals surface area contributed by atoms with Crippen molar-refractivity contribution in [1.82, 2.24) is 15.1 Å². The topological polar surface area (TPSA) is 79.0 Å². The maximum atomic E-state index is 13.1. The van der Waals surface area contributed by atoms with Crippen molar-refractivity contribution in [3.05, 3.63) is 57.8 Å². The highest BCUT2D eigenvalue weighted by atomic mass is 32.1. The molecule has 0 bridgehead atoms. The molecule has 0 saturated carbocycles. The molecule has 2 fully saturated rings. The molecular formula is C23H27N3O4S. The molecule has 7 nitrogen and oxygen atoms in total. The Morgan fingerprint density at radius 3 is 2.45 bits per heavy atom. The van der Waals surface area contributed by atoms with Gasteiger partial charge in [0.25, 0.3) is 5.91 Å². The largest absolute Gasteiger partial charge is 0.465 e. The molecule has 0 spiro atoms. The zero-order valence-electron chi connectivity index (χ0n) is 17.8. The number of methoxy groups -OCH3 is 1. The van der Waals surface area contributed by atoms with Gasteiger partial charge in [0.05, 0.1) is 19.2 Å². The first-order valence-electron chi connectivity index (χ1n) is 10.5. The lowest BCUT2D eigenvalue weighted by molar-refractivity contribution is -0.133. The average Bonchev–Trinajstić information content (AvgIpc) is 3.37. The Labute approximate surface area is 186 Å². The van der Waals surface area contributed by atoms with E-state index in [4.69, 9.17) is 4.74 Å². The van der Waals surface area contributed by atoms with Crippen molar-refractivity contribution < 1.29 is 19.1 Å². The number of rotatable bonds is 6. The quantitative estimate of drug-likeness (QED) is 0.550. The zero-order chi connectivity index (χ0) is 22.0. The minimum Gasteiger partial charge on any atom is -0.465 e. The molecule has 2 aromatic rings. The molecule has 0 aliphatic carbocycles. The molecule has 2 aliphatic rings. The summed E-state index contributed by atoms with van der Waals surface area (Å²) >= 11 is 1.56. The highest BCUT2D eigenvalue weighted by Crippen LogP contribution is 2.34. The Kier molecular flexibility index (Phi) is 6.11. The Morgan fingerprint density at radius 1 is 1.13 bits per heavy atom. The zero-order valence-corrected chi connectivity index (χ0v) is 18.6. The SMILES string of the molecule is COC(=O)c1ccc(CN2CCC([C@@]3(C)NC(=O)N(Cc4ccsc4)C3=O)CC2)cc1. The number of esters is 1. The molecule has 1 atom stereocenters. The molecule has 2 saturated heterocycles. The minimum absolute atomic E-state index is 0.106. The molecule has 3 heterocycles. The second kappa shape index (κ2) is 8.80. The summed E-state index contributed by atoms with van der Waals surface area (Å²) in [4.78, 5) is 40.9. The maximum absolute atomic E-state index is 13.1. The van der Waals surface area contributed by atoms with Crippen LogP contribution in [0.2, 0.25) is 0 Å². The summed E-state index contributed by atoms with van der Waals surface area (Å²) in [5.41, 5.74) is 1.80. The first-order valence-corrected chi connectivity index (χ1v) is 11.4. The maximum Gasteiger partial charge on any atom is 0.337 e. The Hall–Kier alpha value is -2.71. The number of nitrogens with zero attached hydrogens (tertiary/aromatic N) is 2. The van der Waals surface area contributed by atoms with Crippen LogP contribution in [0.25, 0.3) is 0 Å². The average molecular weight is 442 g/mol. The van der Waals surface area contributed by atoms with Gasteiger partial charge in [-0.2, -0.15) is 11.3 Å². The van der Waals surface area contributed by atoms with E-state index < -0.39 is 5.54 Å². The second-order valence-corrected chi connectivity index (χ2v) is 9.17. The summed E-state index contributed by atoms with van der Waals surface area (Å²) in [6.07, 6.45) is 1.68. The molecule has 4 rings (SSSR count). The van der Waals surface area contributed by atoms with Gasteiger partial charge in [0.15, 0.2) is 0 Å². The monoisotopic (exact) mass is 441 g/mol. The fourth-order valence-electron chi connectivity index (χ4n) is 4.49. The van der Waals surface area contributed by atoms with E-state index in [2.05, 4.69) is 10.2 Å². The molecule has 0 unspecified atom stereocenters. The number of amides is 3. The molecule has 0 radical (unpaired) electrons. The van der Waals surface area contributed by atoms with E-state index in [1.54, 1.807) is 23.5 Å². The van der Waals surface area contributed by atoms with Crippen LogP contribution in [0.3, 0.4) is 0 Å². The number of carbonyl (C=O) groups is 3. The van der Waals surface area contributed by atoms with Gasteiger partial charge in [0.1, 0.15) is 5.54 Å². The summed E-state index contributed by atoms with van der Waals surface area (Å²) in [6, 6.07) is 9.10. The van der Waals surface area contributed by atoms with Crippen LogP contribution < -0.4 is 5.32 Å². The fraction of sp³-hybridized carbons (Fsp3) is 0.435. The van der Waals surface area contributed by atoms with Crippen molar-refractivity contribution in [1.29, 1.82) is 0 Å². The third kappa shape index (κ3) is 4.36. The lowest BCUT2D eigenvalue weighted by atomic mass is 9.79. The van der Waals surface area contributed by atoms with Crippen molar-refractivity contribution in [3.8, 4) is 0 Å². The molecule has 164 valence electrons. The van der Waals surface area contributed by atoms with Crippen LogP contribution in [-0.4, -0.2) is 53.4 Å². The highest BCUT2D eigenvalue weighted by Gasteiger charge is 2.52. The van der Waals surface area contributed by atoms with Gasteiger partial charge in [-0.1, -0.05) is 12.1 Å². The number of hydrogen-bond acceptors (Lipinski definition) is 6. The van der Waals surface area contributed by atoms with Crippen LogP contribution in [0, 0.1) is 5.92 Å². The number of piperidine rings is 1. The van der Waals surface area contributed by atoms with Crippen molar-refractivity contribution in [2.45, 2.75) is 38.4 Å². The number of ether oxygens (including phenoxy) is 1. The second-order valence-electron chi connectivity index (χ2n) is 8.39. The first kappa shape index (κ1) is 21.5. The van der Waals surface area contributed by atoms with Crippen molar-refractivity contribution >= 4 is 29.2 Å². The van der Waals surface area contributed by atoms with Gasteiger partial charge >= 0.3 is 12.0 Å². The smallest absolute Gasteiger partial charge is 0.337 e. The Balaban J connectivity index is 1.34. The molecule has 1 aromatic heterocycles. The molecule has 2 aliphatic heterocycles. The molecule has 8 heteroatoms. The van der Waals surface area contributed by atoms with Gasteiger partial charge < -0.3 is 10.1 Å². The van der Waals surface area contributed by atoms with Crippen molar-refractivity contribution in [2.24, 2.45) is 5.92 Å². The molecule has 1 aromatic carbocycles. The van der Waals surface area contributed by atoms with Crippen LogP contribution in [0.1, 0.15) is 41.3 Å². The van der Waals surface area contributed by atoms with E-state index >= 15 is 0 Å². The van der Waals surface area contributed by atoms with E-state index in [-0.39, 0.29) is 23.8 Å². The van der Waals surface area contributed by atoms with Crippen molar-refractivity contribution in [3.63, 3.8) is 0 Å². The molecule has 1 N–H and O–H groups in total. The third-order valence-electron chi connectivity index (χ3n) is 6.41. The van der Waals surface area contributed by atoms with E-state index in [9.17, 15) is 14.4 Å². The summed E-state index contributed by atoms with van der Waals surface area (Å²) < 4.78 is 4.74. The molecule has 3 amide bonds. The molecular weight excluding hydrogens is 414 g/mol. The molecule has 31 heavy (non-hydrogen) atoms. The summed E-state index contributed by atoms with van der Waals surface area (Å²) in [5, 5.41) is 6.89. The Morgan fingerprint density at radius 2 is 1.84 bits per heavy atom. The standard InChI is InChI=1S/C23H27N3O4S/c1-23(21(28)26(22(29)24-23)14-17-9-12-31-15-17)19-7-10-25(11-8-19)13-16-3-5-18(6-4-16)20(27)30-2/h3-6,9,12,15,19H,7-8,10-11,13-14H2,1-2H3,(H,24,29)/t23-/m1/s1. The van der Waals surface area contributed by atoms with Gasteiger partial charge in [-0.15, -0.1) is 0 Å². The number of likely N-dealkylation sites (tertiary alicyclic amines) is 1. The number of thiophene rings is 1. The minimum atomic E-state index is -0.846. The number of benzene rings is 1. The summed E-state index contributed by atoms with van der Waals surface area (Å²) in [6.45, 7) is 4.69. The fourth-order valence-corrected chi connectivity index (χ4v) is 5.15. The number of hydrogen-bond donors (Lipinski definition) is 1. The number of imide groups is 1. The van der Waals surface area contributed by atoms with E-state index in [0.29, 0.717) is 12.1 Å². The van der Waals surface area contributed by atoms with Gasteiger partial charge in [0, 0.05) is 6.54 Å². The van der Waals surface area contributed by atoms with Crippen LogP contribution in [-0.2, 0) is 22.6 Å². The third-order valence-corrected chi connectivity index (χ3v) is 7.14. The highest BCUT2D eigenvalue weighted by molar-refractivity contribution is 7.07. The van der Waals surface area contributed by atoms with E-state index in [0.717, 1.165) is 43.6 Å². The number of urea groups is 1. The lowest BCUT2D eigenvalue weighted by Crippen LogP contribution is -2.53. The summed E-state index contributed by atoms with van der Waals surface area (Å²) in [5.74, 6) is -0.355. The predicted molar refractivity (Wildman–Crippen MR) is 118 cm³/mol. The Bertz CT molecular complexity index is 952. The van der Waals surface area contributed by atoms with Gasteiger partial charge in [-0.3, -0.25) is 14.6 Å². The van der Waals surface area contributed by atoms with Crippen LogP contribution in [0.4, 0.5) is 4.79 Å². The van der Waals surface area contributed by atoms with E-state index in [1.807, 2.05) is 35.9 Å². The van der Waals surface area contributed by atoms with Gasteiger partial charge in [0.2, 0.25) is 0 Å². The van der Waals surface area contributed by atoms with Crippen LogP contribution in [0.15, 0.2) is 41.1 Å². The van der Waals surface area contributed by atoms with E-state index in [1.165, 1.54) is 12.0 Å². The lowest BCUT2D eigenvalue weighted by Gasteiger charge is -2.39. The van der Waals surface area contributed by atoms with Crippen LogP contribution >= 0.6 is 11.3 Å². The van der Waals surface area contributed by atoms with Crippen LogP contribution in [0.5, 0.6) is 0 Å². The first-order chi connectivity index (χ1) is 14.9. The number of nitrogens with one attached hydrogen (secondary N) is 1. The number of carbonyl (C=O) groups excluding carboxylic acids is 3. The van der Waals surface area contributed by atoms with Crippen molar-refractivity contribution in [2.75, 3.05) is 20.2 Å². The normalized spacial score (nSPS) is 22.6.